The van der Waals surface area contributed by atoms with Crippen LogP contribution in [0.15, 0.2) is 0 Å². The molecule has 1 fully saturated rings. The molecular weight excluding hydrogens is 234 g/mol. The van der Waals surface area contributed by atoms with Gasteiger partial charge in [0.2, 0.25) is 5.91 Å². The van der Waals surface area contributed by atoms with E-state index in [9.17, 15) is 4.79 Å². The number of likely N-dealkylation sites (tertiary alicyclic amines) is 1. The summed E-state index contributed by atoms with van der Waals surface area (Å²) in [5.74, 6) is 2.18. The Labute approximate surface area is 108 Å². The summed E-state index contributed by atoms with van der Waals surface area (Å²) in [4.78, 5) is 13.9. The minimum absolute atomic E-state index is 0.0945. The zero-order valence-corrected chi connectivity index (χ0v) is 11.6. The average molecular weight is 257 g/mol. The van der Waals surface area contributed by atoms with Crippen LogP contribution in [-0.2, 0) is 4.79 Å². The van der Waals surface area contributed by atoms with Crippen LogP contribution in [0.4, 0.5) is 0 Å². The highest BCUT2D eigenvalue weighted by atomic mass is 32.2. The summed E-state index contributed by atoms with van der Waals surface area (Å²) in [7, 11) is 0. The maximum Gasteiger partial charge on any atom is 0.223 e. The molecule has 1 rings (SSSR count). The maximum absolute atomic E-state index is 12.0. The second kappa shape index (κ2) is 6.89. The summed E-state index contributed by atoms with van der Waals surface area (Å²) < 4.78 is 0. The van der Waals surface area contributed by atoms with Crippen LogP contribution < -0.4 is 5.73 Å². The van der Waals surface area contributed by atoms with Gasteiger partial charge in [-0.2, -0.15) is 0 Å². The van der Waals surface area contributed by atoms with Gasteiger partial charge in [0, 0.05) is 25.3 Å². The Morgan fingerprint density at radius 1 is 1.35 bits per heavy atom. The Morgan fingerprint density at radius 2 is 1.88 bits per heavy atom. The van der Waals surface area contributed by atoms with Crippen LogP contribution in [0, 0.1) is 17.2 Å². The minimum Gasteiger partial charge on any atom is -0.379 e. The van der Waals surface area contributed by atoms with Crippen molar-refractivity contribution in [3.8, 4) is 0 Å². The molecule has 0 aromatic heterocycles. The van der Waals surface area contributed by atoms with Crippen molar-refractivity contribution in [1.29, 1.82) is 5.41 Å². The number of nitrogens with two attached hydrogens (primary N) is 1. The lowest BCUT2D eigenvalue weighted by molar-refractivity contribution is -0.129. The number of amides is 1. The summed E-state index contributed by atoms with van der Waals surface area (Å²) in [5.41, 5.74) is 5.24. The van der Waals surface area contributed by atoms with Crippen molar-refractivity contribution < 1.29 is 4.79 Å². The highest BCUT2D eigenvalue weighted by molar-refractivity contribution is 8.13. The molecule has 98 valence electrons. The van der Waals surface area contributed by atoms with Crippen molar-refractivity contribution in [2.75, 3.05) is 18.8 Å². The van der Waals surface area contributed by atoms with E-state index in [-0.39, 0.29) is 11.1 Å². The summed E-state index contributed by atoms with van der Waals surface area (Å²) >= 11 is 1.25. The number of hydrogen-bond acceptors (Lipinski definition) is 3. The van der Waals surface area contributed by atoms with E-state index in [4.69, 9.17) is 11.1 Å². The predicted octanol–water partition coefficient (Wildman–Crippen LogP) is 1.90. The Morgan fingerprint density at radius 3 is 2.29 bits per heavy atom. The first-order valence-electron chi connectivity index (χ1n) is 6.33. The first-order valence-corrected chi connectivity index (χ1v) is 7.31. The topological polar surface area (TPSA) is 70.2 Å². The number of carbonyl (C=O) groups is 1. The third-order valence-electron chi connectivity index (χ3n) is 3.55. The van der Waals surface area contributed by atoms with Crippen molar-refractivity contribution in [3.05, 3.63) is 0 Å². The number of hydrogen-bond donors (Lipinski definition) is 2. The normalized spacial score (nSPS) is 24.0. The van der Waals surface area contributed by atoms with Crippen molar-refractivity contribution in [3.63, 3.8) is 0 Å². The molecule has 1 amide bonds. The van der Waals surface area contributed by atoms with Crippen LogP contribution in [0.5, 0.6) is 0 Å². The molecule has 3 N–H and O–H groups in total. The molecule has 2 atom stereocenters. The van der Waals surface area contributed by atoms with Crippen LogP contribution in [-0.4, -0.2) is 34.8 Å². The van der Waals surface area contributed by atoms with Crippen molar-refractivity contribution in [1.82, 2.24) is 4.90 Å². The number of carbonyl (C=O) groups excluding carboxylic acids is 1. The van der Waals surface area contributed by atoms with Crippen LogP contribution >= 0.6 is 11.8 Å². The molecule has 0 radical (unpaired) electrons. The van der Waals surface area contributed by atoms with Crippen LogP contribution in [0.3, 0.4) is 0 Å². The Kier molecular flexibility index (Phi) is 5.82. The smallest absolute Gasteiger partial charge is 0.223 e. The van der Waals surface area contributed by atoms with E-state index in [1.54, 1.807) is 0 Å². The lowest BCUT2D eigenvalue weighted by Crippen LogP contribution is -2.29. The monoisotopic (exact) mass is 257 g/mol. The Hall–Kier alpha value is -0.710. The Balaban J connectivity index is 2.36. The molecule has 5 heteroatoms. The van der Waals surface area contributed by atoms with Crippen LogP contribution in [0.2, 0.25) is 0 Å². The van der Waals surface area contributed by atoms with Gasteiger partial charge in [0.15, 0.2) is 5.17 Å². The van der Waals surface area contributed by atoms with Gasteiger partial charge in [0.1, 0.15) is 0 Å². The summed E-state index contributed by atoms with van der Waals surface area (Å²) in [5, 5.41) is 7.18. The Bertz CT molecular complexity index is 271. The van der Waals surface area contributed by atoms with Gasteiger partial charge in [-0.3, -0.25) is 10.2 Å². The largest absolute Gasteiger partial charge is 0.379 e. The van der Waals surface area contributed by atoms with Gasteiger partial charge in [-0.15, -0.1) is 0 Å². The molecule has 0 saturated carbocycles. The van der Waals surface area contributed by atoms with Crippen molar-refractivity contribution >= 4 is 22.8 Å². The van der Waals surface area contributed by atoms with Gasteiger partial charge in [0.25, 0.3) is 0 Å². The quantitative estimate of drug-likeness (QED) is 0.584. The molecule has 0 aromatic rings. The van der Waals surface area contributed by atoms with Gasteiger partial charge in [-0.05, 0) is 11.8 Å². The van der Waals surface area contributed by atoms with Crippen molar-refractivity contribution in [2.24, 2.45) is 17.6 Å². The molecule has 1 aliphatic rings. The van der Waals surface area contributed by atoms with Crippen molar-refractivity contribution in [2.45, 2.75) is 33.1 Å². The number of nitrogens with zero attached hydrogens (tertiary/aromatic N) is 1. The van der Waals surface area contributed by atoms with Crippen LogP contribution in [0.25, 0.3) is 0 Å². The van der Waals surface area contributed by atoms with Gasteiger partial charge < -0.3 is 10.6 Å². The number of nitrogens with one attached hydrogen (secondary N) is 1. The molecule has 1 saturated heterocycles. The molecule has 0 aromatic carbocycles. The zero-order valence-electron chi connectivity index (χ0n) is 10.7. The fourth-order valence-electron chi connectivity index (χ4n) is 2.47. The van der Waals surface area contributed by atoms with Gasteiger partial charge in [-0.25, -0.2) is 0 Å². The highest BCUT2D eigenvalue weighted by Gasteiger charge is 2.32. The predicted molar refractivity (Wildman–Crippen MR) is 73.1 cm³/mol. The molecule has 2 unspecified atom stereocenters. The van der Waals surface area contributed by atoms with E-state index in [1.165, 1.54) is 11.8 Å². The number of amidine groups is 1. The lowest BCUT2D eigenvalue weighted by atomic mass is 9.92. The van der Waals surface area contributed by atoms with E-state index in [0.29, 0.717) is 24.0 Å². The fourth-order valence-corrected chi connectivity index (χ4v) is 2.97. The van der Waals surface area contributed by atoms with E-state index in [2.05, 4.69) is 13.8 Å². The number of thioether (sulfide) groups is 1. The van der Waals surface area contributed by atoms with E-state index >= 15 is 0 Å². The summed E-state index contributed by atoms with van der Waals surface area (Å²) in [6.07, 6.45) is 2.81. The van der Waals surface area contributed by atoms with Gasteiger partial charge in [0.05, 0.1) is 0 Å². The zero-order chi connectivity index (χ0) is 12.8. The van der Waals surface area contributed by atoms with E-state index in [0.717, 1.165) is 25.9 Å². The summed E-state index contributed by atoms with van der Waals surface area (Å²) in [6.45, 7) is 6.23. The molecule has 1 aliphatic heterocycles. The second-order valence-electron chi connectivity index (χ2n) is 4.60. The summed E-state index contributed by atoms with van der Waals surface area (Å²) in [6, 6.07) is 0. The highest BCUT2D eigenvalue weighted by Crippen LogP contribution is 2.28. The van der Waals surface area contributed by atoms with E-state index < -0.39 is 0 Å². The minimum atomic E-state index is 0.0945. The first-order chi connectivity index (χ1) is 8.08. The second-order valence-corrected chi connectivity index (χ2v) is 5.73. The molecule has 1 heterocycles. The molecule has 0 spiro atoms. The fraction of sp³-hybridized carbons (Fsp3) is 0.833. The SMILES string of the molecule is CCC1CN(C(=O)CCSC(=N)N)CC1CC. The van der Waals surface area contributed by atoms with E-state index in [1.807, 2.05) is 4.90 Å². The molecule has 0 bridgehead atoms. The molecular formula is C12H23N3OS. The van der Waals surface area contributed by atoms with Gasteiger partial charge in [-0.1, -0.05) is 38.5 Å². The number of rotatable bonds is 5. The first kappa shape index (κ1) is 14.4. The average Bonchev–Trinajstić information content (AvgIpc) is 2.71. The molecule has 0 aliphatic carbocycles. The third kappa shape index (κ3) is 4.22. The maximum atomic E-state index is 12.0. The lowest BCUT2D eigenvalue weighted by Gasteiger charge is -2.15. The van der Waals surface area contributed by atoms with Gasteiger partial charge >= 0.3 is 0 Å². The van der Waals surface area contributed by atoms with Crippen LogP contribution in [0.1, 0.15) is 33.1 Å². The third-order valence-corrected chi connectivity index (χ3v) is 4.27. The molecule has 17 heavy (non-hydrogen) atoms. The molecule has 4 nitrogen and oxygen atoms in total. The standard InChI is InChI=1S/C12H23N3OS/c1-3-9-7-15(8-10(9)4-2)11(16)5-6-17-12(13)14/h9-10H,3-8H2,1-2H3,(H3,13,14).